The fourth-order valence-electron chi connectivity index (χ4n) is 3.82. The third-order valence-electron chi connectivity index (χ3n) is 5.51. The molecule has 2 aromatic rings. The molecule has 0 radical (unpaired) electrons. The maximum Gasteiger partial charge on any atom is 0.244 e. The summed E-state index contributed by atoms with van der Waals surface area (Å²) in [4.78, 5) is 13.0. The van der Waals surface area contributed by atoms with Gasteiger partial charge < -0.3 is 5.32 Å². The van der Waals surface area contributed by atoms with E-state index in [1.165, 1.54) is 16.4 Å². The number of nitrogens with one attached hydrogen (secondary N) is 1. The van der Waals surface area contributed by atoms with Gasteiger partial charge in [0.05, 0.1) is 10.9 Å². The molecule has 5 nitrogen and oxygen atoms in total. The largest absolute Gasteiger partial charge is 0.325 e. The van der Waals surface area contributed by atoms with Crippen molar-refractivity contribution in [2.45, 2.75) is 44.4 Å². The standard InChI is InChI=1S/C22H26Cl2N2O3S/c1-3-15-7-5-8-16(4-2)21(15)25-22(27)17-9-6-12-26(14-17)30(28,29)20-13-18(23)10-11-19(20)24/h5,7-8,10-11,13,17H,3-4,6,9,12,14H2,1-2H3,(H,25,27)/t17-/m1/s1. The highest BCUT2D eigenvalue weighted by atomic mass is 35.5. The van der Waals surface area contributed by atoms with Crippen molar-refractivity contribution in [2.24, 2.45) is 5.92 Å². The Bertz CT molecular complexity index is 1020. The highest BCUT2D eigenvalue weighted by Gasteiger charge is 2.34. The molecule has 0 aromatic heterocycles. The average molecular weight is 469 g/mol. The van der Waals surface area contributed by atoms with E-state index in [9.17, 15) is 13.2 Å². The molecule has 1 aliphatic rings. The molecule has 0 spiro atoms. The van der Waals surface area contributed by atoms with Crippen LogP contribution in [0.2, 0.25) is 10.0 Å². The topological polar surface area (TPSA) is 66.5 Å². The van der Waals surface area contributed by atoms with Crippen LogP contribution in [0.5, 0.6) is 0 Å². The second-order valence-electron chi connectivity index (χ2n) is 7.42. The first-order chi connectivity index (χ1) is 14.3. The second kappa shape index (κ2) is 9.69. The van der Waals surface area contributed by atoms with Gasteiger partial charge in [0.25, 0.3) is 0 Å². The van der Waals surface area contributed by atoms with Crippen molar-refractivity contribution in [3.63, 3.8) is 0 Å². The Hall–Kier alpha value is -1.60. The molecule has 0 aliphatic carbocycles. The molecule has 30 heavy (non-hydrogen) atoms. The van der Waals surface area contributed by atoms with Crippen LogP contribution in [-0.4, -0.2) is 31.7 Å². The number of sulfonamides is 1. The lowest BCUT2D eigenvalue weighted by Gasteiger charge is -2.31. The summed E-state index contributed by atoms with van der Waals surface area (Å²) in [7, 11) is -3.84. The fourth-order valence-corrected chi connectivity index (χ4v) is 6.08. The van der Waals surface area contributed by atoms with Crippen LogP contribution in [0.3, 0.4) is 0 Å². The SMILES string of the molecule is CCc1cccc(CC)c1NC(=O)[C@@H]1CCCN(S(=O)(=O)c2cc(Cl)ccc2Cl)C1. The van der Waals surface area contributed by atoms with E-state index in [1.54, 1.807) is 6.07 Å². The molecular weight excluding hydrogens is 443 g/mol. The van der Waals surface area contributed by atoms with Gasteiger partial charge in [-0.1, -0.05) is 55.2 Å². The van der Waals surface area contributed by atoms with E-state index in [2.05, 4.69) is 5.32 Å². The number of para-hydroxylation sites is 1. The van der Waals surface area contributed by atoms with Crippen molar-refractivity contribution in [3.8, 4) is 0 Å². The van der Waals surface area contributed by atoms with Gasteiger partial charge in [-0.25, -0.2) is 8.42 Å². The first-order valence-corrected chi connectivity index (χ1v) is 12.3. The first kappa shape index (κ1) is 23.1. The van der Waals surface area contributed by atoms with Gasteiger partial charge in [-0.2, -0.15) is 4.31 Å². The Labute approximate surface area is 188 Å². The van der Waals surface area contributed by atoms with E-state index in [0.717, 1.165) is 29.7 Å². The van der Waals surface area contributed by atoms with Crippen molar-refractivity contribution in [1.82, 2.24) is 4.31 Å². The predicted molar refractivity (Wildman–Crippen MR) is 122 cm³/mol. The fraction of sp³-hybridized carbons (Fsp3) is 0.409. The van der Waals surface area contributed by atoms with Gasteiger partial charge in [0, 0.05) is 23.8 Å². The Kier molecular flexibility index (Phi) is 7.45. The lowest BCUT2D eigenvalue weighted by Crippen LogP contribution is -2.43. The predicted octanol–water partition coefficient (Wildman–Crippen LogP) is 5.16. The molecule has 1 N–H and O–H groups in total. The quantitative estimate of drug-likeness (QED) is 0.636. The summed E-state index contributed by atoms with van der Waals surface area (Å²) in [6.07, 6.45) is 2.85. The summed E-state index contributed by atoms with van der Waals surface area (Å²) in [5.74, 6) is -0.580. The monoisotopic (exact) mass is 468 g/mol. The number of piperidine rings is 1. The van der Waals surface area contributed by atoms with Crippen LogP contribution >= 0.6 is 23.2 Å². The maximum atomic E-state index is 13.1. The van der Waals surface area contributed by atoms with E-state index in [-0.39, 0.29) is 22.4 Å². The van der Waals surface area contributed by atoms with Gasteiger partial charge in [-0.05, 0) is 55.0 Å². The molecule has 3 rings (SSSR count). The van der Waals surface area contributed by atoms with E-state index in [4.69, 9.17) is 23.2 Å². The molecule has 0 saturated carbocycles. The number of amides is 1. The Morgan fingerprint density at radius 1 is 1.13 bits per heavy atom. The minimum absolute atomic E-state index is 0.0256. The minimum atomic E-state index is -3.84. The van der Waals surface area contributed by atoms with Gasteiger partial charge in [0.2, 0.25) is 15.9 Å². The van der Waals surface area contributed by atoms with E-state index in [0.29, 0.717) is 24.4 Å². The third kappa shape index (κ3) is 4.83. The van der Waals surface area contributed by atoms with E-state index in [1.807, 2.05) is 32.0 Å². The van der Waals surface area contributed by atoms with Crippen LogP contribution < -0.4 is 5.32 Å². The summed E-state index contributed by atoms with van der Waals surface area (Å²) >= 11 is 12.1. The van der Waals surface area contributed by atoms with Crippen molar-refractivity contribution in [1.29, 1.82) is 0 Å². The molecule has 1 saturated heterocycles. The smallest absolute Gasteiger partial charge is 0.244 e. The molecule has 2 aromatic carbocycles. The number of hydrogen-bond donors (Lipinski definition) is 1. The number of carbonyl (C=O) groups is 1. The maximum absolute atomic E-state index is 13.1. The van der Waals surface area contributed by atoms with Gasteiger partial charge >= 0.3 is 0 Å². The number of hydrogen-bond acceptors (Lipinski definition) is 3. The van der Waals surface area contributed by atoms with Crippen molar-refractivity contribution < 1.29 is 13.2 Å². The summed E-state index contributed by atoms with van der Waals surface area (Å²) in [6, 6.07) is 10.4. The zero-order chi connectivity index (χ0) is 21.9. The normalized spacial score (nSPS) is 17.7. The molecule has 1 heterocycles. The van der Waals surface area contributed by atoms with Gasteiger partial charge in [0.1, 0.15) is 4.90 Å². The molecule has 162 valence electrons. The number of anilines is 1. The number of benzene rings is 2. The van der Waals surface area contributed by atoms with Crippen LogP contribution in [-0.2, 0) is 27.7 Å². The molecule has 0 unspecified atom stereocenters. The lowest BCUT2D eigenvalue weighted by atomic mass is 9.97. The summed E-state index contributed by atoms with van der Waals surface area (Å²) in [5, 5.41) is 3.49. The molecule has 1 atom stereocenters. The average Bonchev–Trinajstić information content (AvgIpc) is 2.75. The van der Waals surface area contributed by atoms with Gasteiger partial charge in [-0.15, -0.1) is 0 Å². The summed E-state index contributed by atoms with van der Waals surface area (Å²) in [6.45, 7) is 4.57. The molecule has 1 aliphatic heterocycles. The number of halogens is 2. The van der Waals surface area contributed by atoms with Crippen LogP contribution in [0.4, 0.5) is 5.69 Å². The zero-order valence-corrected chi connectivity index (χ0v) is 19.4. The number of aryl methyl sites for hydroxylation is 2. The lowest BCUT2D eigenvalue weighted by molar-refractivity contribution is -0.120. The highest BCUT2D eigenvalue weighted by molar-refractivity contribution is 7.89. The summed E-state index contributed by atoms with van der Waals surface area (Å²) in [5.41, 5.74) is 3.01. The van der Waals surface area contributed by atoms with Crippen molar-refractivity contribution in [3.05, 3.63) is 57.6 Å². The number of nitrogens with zero attached hydrogens (tertiary/aromatic N) is 1. The van der Waals surface area contributed by atoms with Crippen LogP contribution in [0, 0.1) is 5.92 Å². The van der Waals surface area contributed by atoms with Crippen LogP contribution in [0.25, 0.3) is 0 Å². The zero-order valence-electron chi connectivity index (χ0n) is 17.1. The molecule has 8 heteroatoms. The summed E-state index contributed by atoms with van der Waals surface area (Å²) < 4.78 is 27.6. The molecular formula is C22H26Cl2N2O3S. The molecule has 0 bridgehead atoms. The number of rotatable bonds is 6. The number of carbonyl (C=O) groups excluding carboxylic acids is 1. The Balaban J connectivity index is 1.81. The highest BCUT2D eigenvalue weighted by Crippen LogP contribution is 2.31. The Morgan fingerprint density at radius 2 is 1.80 bits per heavy atom. The third-order valence-corrected chi connectivity index (χ3v) is 8.09. The van der Waals surface area contributed by atoms with E-state index < -0.39 is 15.9 Å². The minimum Gasteiger partial charge on any atom is -0.325 e. The van der Waals surface area contributed by atoms with E-state index >= 15 is 0 Å². The molecule has 1 fully saturated rings. The molecule has 1 amide bonds. The van der Waals surface area contributed by atoms with Gasteiger partial charge in [0.15, 0.2) is 0 Å². The van der Waals surface area contributed by atoms with Crippen LogP contribution in [0.15, 0.2) is 41.3 Å². The van der Waals surface area contributed by atoms with Crippen LogP contribution in [0.1, 0.15) is 37.8 Å². The second-order valence-corrected chi connectivity index (χ2v) is 10.2. The van der Waals surface area contributed by atoms with Gasteiger partial charge in [-0.3, -0.25) is 4.79 Å². The van der Waals surface area contributed by atoms with Crippen molar-refractivity contribution >= 4 is 44.8 Å². The first-order valence-electron chi connectivity index (χ1n) is 10.1. The van der Waals surface area contributed by atoms with Crippen molar-refractivity contribution in [2.75, 3.05) is 18.4 Å². The Morgan fingerprint density at radius 3 is 2.43 bits per heavy atom.